The van der Waals surface area contributed by atoms with Gasteiger partial charge in [-0.1, -0.05) is 102 Å². The average molecular weight is 843 g/mol. The second-order valence-electron chi connectivity index (χ2n) is 18.0. The largest absolute Gasteiger partial charge is 0.480 e. The van der Waals surface area contributed by atoms with Crippen LogP contribution in [-0.4, -0.2) is 71.3 Å². The summed E-state index contributed by atoms with van der Waals surface area (Å²) in [5.41, 5.74) is 4.48. The Morgan fingerprint density at radius 1 is 0.586 bits per heavy atom. The van der Waals surface area contributed by atoms with E-state index in [1.165, 1.54) is 70.6 Å². The van der Waals surface area contributed by atoms with Gasteiger partial charge < -0.3 is 35.8 Å². The van der Waals surface area contributed by atoms with Gasteiger partial charge >= 0.3 is 13.6 Å². The molecule has 0 fully saturated rings. The molecule has 340 valence electrons. The first-order valence-electron chi connectivity index (χ1n) is 22.8. The van der Waals surface area contributed by atoms with Crippen LogP contribution in [0.1, 0.15) is 208 Å². The third-order valence-corrected chi connectivity index (χ3v) is 12.2. The number of unbranched alkanes of at least 4 members (excludes halogenated alkanes) is 18. The lowest BCUT2D eigenvalue weighted by Crippen LogP contribution is -2.34. The molecule has 13 heteroatoms. The quantitative estimate of drug-likeness (QED) is 0.0229. The molecule has 0 heterocycles. The lowest BCUT2D eigenvalue weighted by Gasteiger charge is -2.32. The fourth-order valence-electron chi connectivity index (χ4n) is 6.66. The van der Waals surface area contributed by atoms with Gasteiger partial charge in [0.25, 0.3) is 0 Å². The van der Waals surface area contributed by atoms with E-state index in [9.17, 15) is 23.7 Å². The Labute approximate surface area is 353 Å². The van der Waals surface area contributed by atoms with E-state index < -0.39 is 30.8 Å². The van der Waals surface area contributed by atoms with Crippen molar-refractivity contribution in [1.29, 1.82) is 0 Å². The van der Waals surface area contributed by atoms with Crippen molar-refractivity contribution >= 4 is 31.3 Å². The van der Waals surface area contributed by atoms with Crippen LogP contribution in [0.25, 0.3) is 0 Å². The van der Waals surface area contributed by atoms with Crippen molar-refractivity contribution in [3.05, 3.63) is 12.7 Å². The minimum absolute atomic E-state index is 0.0108. The highest BCUT2D eigenvalue weighted by Gasteiger charge is 2.34. The second kappa shape index (κ2) is 33.4. The topological polar surface area (TPSA) is 186 Å². The minimum atomic E-state index is -3.12. The van der Waals surface area contributed by atoms with E-state index in [4.69, 9.17) is 19.9 Å². The number of hydrogen-bond acceptors (Lipinski definition) is 8. The zero-order valence-corrected chi connectivity index (χ0v) is 38.7. The van der Waals surface area contributed by atoms with Gasteiger partial charge in [0.2, 0.25) is 17.7 Å². The normalized spacial score (nSPS) is 13.2. The molecule has 12 nitrogen and oxygen atoms in total. The van der Waals surface area contributed by atoms with Crippen LogP contribution in [0.15, 0.2) is 12.7 Å². The minimum Gasteiger partial charge on any atom is -0.480 e. The molecule has 0 saturated carbocycles. The van der Waals surface area contributed by atoms with E-state index in [1.54, 1.807) is 6.08 Å². The van der Waals surface area contributed by atoms with Gasteiger partial charge in [-0.05, 0) is 92.9 Å². The highest BCUT2D eigenvalue weighted by Crippen LogP contribution is 2.55. The molecule has 0 aromatic heterocycles. The van der Waals surface area contributed by atoms with Gasteiger partial charge in [0.1, 0.15) is 6.04 Å². The smallest absolute Gasteiger partial charge is 0.331 e. The van der Waals surface area contributed by atoms with E-state index in [0.717, 1.165) is 51.4 Å². The Morgan fingerprint density at radius 2 is 0.966 bits per heavy atom. The maximum Gasteiger partial charge on any atom is 0.331 e. The zero-order valence-electron chi connectivity index (χ0n) is 37.8. The molecule has 0 spiro atoms. The molecular weight excluding hydrogens is 755 g/mol. The van der Waals surface area contributed by atoms with E-state index in [0.29, 0.717) is 64.2 Å². The van der Waals surface area contributed by atoms with Gasteiger partial charge in [0.15, 0.2) is 0 Å². The van der Waals surface area contributed by atoms with Gasteiger partial charge in [-0.2, -0.15) is 0 Å². The first-order valence-corrected chi connectivity index (χ1v) is 24.5. The summed E-state index contributed by atoms with van der Waals surface area (Å²) < 4.78 is 25.1. The fraction of sp³-hybridized carbons (Fsp3) is 0.867. The standard InChI is InChI=1S/C45H87N4O8P/c1-8-38(33-34-41(51)48-35-27-23-25-31-40(50)47-36-28-26-30-39(46)43(53)54)49-42(52)32-24-21-19-17-15-13-11-9-10-12-14-16-18-20-22-29-37-58(55,56-44(2,3)4)57-45(5,6)7/h8,38-39H,1,9-37,46H2,2-7H3,(H,47,50)(H,48,51)(H,49,52)(H,53,54). The Kier molecular flexibility index (Phi) is 32.1. The molecule has 0 aliphatic carbocycles. The number of carboxylic acids is 1. The Hall–Kier alpha value is -2.27. The summed E-state index contributed by atoms with van der Waals surface area (Å²) in [4.78, 5) is 47.4. The van der Waals surface area contributed by atoms with Crippen LogP contribution in [0.2, 0.25) is 0 Å². The number of amides is 3. The van der Waals surface area contributed by atoms with Crippen molar-refractivity contribution in [2.24, 2.45) is 5.73 Å². The van der Waals surface area contributed by atoms with Gasteiger partial charge in [-0.3, -0.25) is 23.7 Å². The van der Waals surface area contributed by atoms with Crippen LogP contribution in [0.3, 0.4) is 0 Å². The Balaban J connectivity index is 3.70. The van der Waals surface area contributed by atoms with Crippen molar-refractivity contribution in [2.75, 3.05) is 19.3 Å². The lowest BCUT2D eigenvalue weighted by atomic mass is 10.0. The molecule has 2 atom stereocenters. The number of nitrogens with one attached hydrogen (secondary N) is 3. The lowest BCUT2D eigenvalue weighted by molar-refractivity contribution is -0.138. The van der Waals surface area contributed by atoms with Crippen molar-refractivity contribution < 1.29 is 37.9 Å². The highest BCUT2D eigenvalue weighted by molar-refractivity contribution is 7.53. The number of aliphatic carboxylic acids is 1. The maximum atomic E-state index is 13.3. The molecule has 2 unspecified atom stereocenters. The highest BCUT2D eigenvalue weighted by atomic mass is 31.2. The van der Waals surface area contributed by atoms with Crippen molar-refractivity contribution in [1.82, 2.24) is 16.0 Å². The Bertz CT molecular complexity index is 1150. The van der Waals surface area contributed by atoms with E-state index in [2.05, 4.69) is 22.5 Å². The number of carbonyl (C=O) groups is 4. The van der Waals surface area contributed by atoms with E-state index in [1.807, 2.05) is 41.5 Å². The van der Waals surface area contributed by atoms with Crippen LogP contribution in [0, 0.1) is 0 Å². The second-order valence-corrected chi connectivity index (χ2v) is 20.1. The monoisotopic (exact) mass is 843 g/mol. The molecule has 0 rings (SSSR count). The van der Waals surface area contributed by atoms with Crippen molar-refractivity contribution in [3.8, 4) is 0 Å². The van der Waals surface area contributed by atoms with Crippen LogP contribution >= 0.6 is 7.60 Å². The molecule has 0 bridgehead atoms. The first-order chi connectivity index (χ1) is 27.4. The van der Waals surface area contributed by atoms with Crippen LogP contribution < -0.4 is 21.7 Å². The molecule has 0 aliphatic heterocycles. The molecule has 0 aromatic rings. The first kappa shape index (κ1) is 55.7. The number of rotatable bonds is 38. The summed E-state index contributed by atoms with van der Waals surface area (Å²) in [6, 6.07) is -1.08. The molecule has 58 heavy (non-hydrogen) atoms. The van der Waals surface area contributed by atoms with Crippen LogP contribution in [0.5, 0.6) is 0 Å². The van der Waals surface area contributed by atoms with Gasteiger partial charge in [-0.15, -0.1) is 6.58 Å². The van der Waals surface area contributed by atoms with E-state index >= 15 is 0 Å². The third-order valence-electron chi connectivity index (χ3n) is 9.71. The number of hydrogen-bond donors (Lipinski definition) is 5. The molecule has 0 aromatic carbocycles. The molecule has 0 radical (unpaired) electrons. The summed E-state index contributed by atoms with van der Waals surface area (Å²) in [5, 5.41) is 17.5. The van der Waals surface area contributed by atoms with Crippen LogP contribution in [-0.2, 0) is 32.8 Å². The fourth-order valence-corrected chi connectivity index (χ4v) is 9.16. The predicted octanol–water partition coefficient (Wildman–Crippen LogP) is 10.3. The Morgan fingerprint density at radius 3 is 1.40 bits per heavy atom. The van der Waals surface area contributed by atoms with Gasteiger partial charge in [-0.25, -0.2) is 0 Å². The summed E-state index contributed by atoms with van der Waals surface area (Å²) in [6.45, 7) is 16.4. The number of carbonyl (C=O) groups excluding carboxylic acids is 3. The van der Waals surface area contributed by atoms with Crippen LogP contribution in [0.4, 0.5) is 0 Å². The van der Waals surface area contributed by atoms with Gasteiger partial charge in [0, 0.05) is 38.4 Å². The van der Waals surface area contributed by atoms with Crippen molar-refractivity contribution in [2.45, 2.75) is 232 Å². The third kappa shape index (κ3) is 36.8. The SMILES string of the molecule is C=CC(CCC(=O)NCCCCCC(=O)NCCCCC(N)C(=O)O)NC(=O)CCCCCCCCCCCCCCCCCCP(=O)(OC(C)(C)C)OC(C)(C)C. The maximum absolute atomic E-state index is 13.3. The van der Waals surface area contributed by atoms with Gasteiger partial charge in [0.05, 0.1) is 17.4 Å². The number of nitrogens with two attached hydrogens (primary N) is 1. The summed E-state index contributed by atoms with van der Waals surface area (Å²) in [5.74, 6) is -1.07. The van der Waals surface area contributed by atoms with E-state index in [-0.39, 0.29) is 23.8 Å². The molecule has 6 N–H and O–H groups in total. The average Bonchev–Trinajstić information content (AvgIpc) is 3.12. The number of carboxylic acid groups (broad SMARTS) is 1. The predicted molar refractivity (Wildman–Crippen MR) is 238 cm³/mol. The molecular formula is C45H87N4O8P. The molecule has 3 amide bonds. The van der Waals surface area contributed by atoms with Crippen molar-refractivity contribution in [3.63, 3.8) is 0 Å². The summed E-state index contributed by atoms with van der Waals surface area (Å²) >= 11 is 0. The molecule has 0 aliphatic rings. The zero-order chi connectivity index (χ0) is 43.7. The molecule has 0 saturated heterocycles. The summed E-state index contributed by atoms with van der Waals surface area (Å²) in [7, 11) is -3.12. The summed E-state index contributed by atoms with van der Waals surface area (Å²) in [6.07, 6.45) is 27.0.